The molecule has 1 aromatic rings. The molecule has 1 aliphatic heterocycles. The predicted molar refractivity (Wildman–Crippen MR) is 48.9 cm³/mol. The van der Waals surface area contributed by atoms with Crippen LogP contribution in [0.1, 0.15) is 0 Å². The Kier molecular flexibility index (Phi) is 1.69. The molecule has 2 N–H and O–H groups in total. The molecule has 0 aliphatic carbocycles. The van der Waals surface area contributed by atoms with E-state index in [1.165, 1.54) is 0 Å². The average Bonchev–Trinajstić information content (AvgIpc) is 2.04. The maximum absolute atomic E-state index is 4.20. The van der Waals surface area contributed by atoms with E-state index in [0.29, 0.717) is 0 Å². The van der Waals surface area contributed by atoms with Crippen molar-refractivity contribution >= 4 is 27.4 Å². The smallest absolute Gasteiger partial charge is 0.149 e. The lowest BCUT2D eigenvalue weighted by molar-refractivity contribution is 1.02. The monoisotopic (exact) mass is 213 g/mol. The molecule has 3 nitrogen and oxygen atoms in total. The molecule has 0 unspecified atom stereocenters. The molecule has 0 spiro atoms. The molecule has 0 atom stereocenters. The Morgan fingerprint density at radius 3 is 3.09 bits per heavy atom. The molecule has 1 aliphatic rings. The van der Waals surface area contributed by atoms with E-state index >= 15 is 0 Å². The molecular formula is C7H8BrN3. The van der Waals surface area contributed by atoms with Crippen LogP contribution in [0, 0.1) is 0 Å². The van der Waals surface area contributed by atoms with E-state index in [0.717, 1.165) is 29.1 Å². The molecule has 2 heterocycles. The highest BCUT2D eigenvalue weighted by Gasteiger charge is 2.07. The number of nitrogens with zero attached hydrogens (tertiary/aromatic N) is 1. The van der Waals surface area contributed by atoms with Gasteiger partial charge in [-0.05, 0) is 22.0 Å². The Bertz CT molecular complexity index is 274. The van der Waals surface area contributed by atoms with Gasteiger partial charge in [0.05, 0.1) is 5.69 Å². The Labute approximate surface area is 73.3 Å². The summed E-state index contributed by atoms with van der Waals surface area (Å²) in [6, 6.07) is 2.02. The van der Waals surface area contributed by atoms with E-state index in [1.54, 1.807) is 6.20 Å². The standard InChI is InChI=1S/C7H8BrN3/c8-5-3-6-7(11-4-5)10-2-1-9-6/h3-4,9H,1-2H2,(H,10,11). The second-order valence-corrected chi connectivity index (χ2v) is 3.32. The predicted octanol–water partition coefficient (Wildman–Crippen LogP) is 1.68. The minimum atomic E-state index is 0.944. The van der Waals surface area contributed by atoms with Crippen molar-refractivity contribution < 1.29 is 0 Å². The average molecular weight is 214 g/mol. The lowest BCUT2D eigenvalue weighted by Crippen LogP contribution is -2.21. The van der Waals surface area contributed by atoms with E-state index in [1.807, 2.05) is 6.07 Å². The van der Waals surface area contributed by atoms with E-state index in [9.17, 15) is 0 Å². The van der Waals surface area contributed by atoms with Crippen LogP contribution in [0.2, 0.25) is 0 Å². The van der Waals surface area contributed by atoms with Crippen LogP contribution in [0.5, 0.6) is 0 Å². The second-order valence-electron chi connectivity index (χ2n) is 2.40. The fraction of sp³-hybridized carbons (Fsp3) is 0.286. The van der Waals surface area contributed by atoms with Crippen LogP contribution >= 0.6 is 15.9 Å². The number of nitrogens with one attached hydrogen (secondary N) is 2. The van der Waals surface area contributed by atoms with Crippen molar-refractivity contribution in [3.05, 3.63) is 16.7 Å². The SMILES string of the molecule is Brc1cnc2c(c1)NCCN2. The number of hydrogen-bond acceptors (Lipinski definition) is 3. The van der Waals surface area contributed by atoms with Gasteiger partial charge in [-0.15, -0.1) is 0 Å². The summed E-state index contributed by atoms with van der Waals surface area (Å²) in [6.07, 6.45) is 1.79. The van der Waals surface area contributed by atoms with Gasteiger partial charge in [0.15, 0.2) is 0 Å². The van der Waals surface area contributed by atoms with Crippen molar-refractivity contribution in [3.63, 3.8) is 0 Å². The fourth-order valence-electron chi connectivity index (χ4n) is 1.09. The van der Waals surface area contributed by atoms with Gasteiger partial charge < -0.3 is 10.6 Å². The lowest BCUT2D eigenvalue weighted by Gasteiger charge is -2.18. The molecule has 58 valence electrons. The van der Waals surface area contributed by atoms with Gasteiger partial charge in [0.25, 0.3) is 0 Å². The number of rotatable bonds is 0. The van der Waals surface area contributed by atoms with Crippen molar-refractivity contribution in [1.82, 2.24) is 4.98 Å². The maximum Gasteiger partial charge on any atom is 0.149 e. The molecule has 0 aromatic carbocycles. The highest BCUT2D eigenvalue weighted by atomic mass is 79.9. The molecule has 0 amide bonds. The van der Waals surface area contributed by atoms with Gasteiger partial charge in [-0.3, -0.25) is 0 Å². The Morgan fingerprint density at radius 1 is 1.36 bits per heavy atom. The van der Waals surface area contributed by atoms with Gasteiger partial charge >= 0.3 is 0 Å². The second kappa shape index (κ2) is 2.70. The fourth-order valence-corrected chi connectivity index (χ4v) is 1.42. The first-order valence-corrected chi connectivity index (χ1v) is 4.29. The summed E-state index contributed by atoms with van der Waals surface area (Å²) in [7, 11) is 0. The van der Waals surface area contributed by atoms with Crippen molar-refractivity contribution in [3.8, 4) is 0 Å². The highest BCUT2D eigenvalue weighted by molar-refractivity contribution is 9.10. The van der Waals surface area contributed by atoms with Gasteiger partial charge in [-0.2, -0.15) is 0 Å². The van der Waals surface area contributed by atoms with Gasteiger partial charge in [0.2, 0.25) is 0 Å². The van der Waals surface area contributed by atoms with Crippen molar-refractivity contribution in [1.29, 1.82) is 0 Å². The van der Waals surface area contributed by atoms with Gasteiger partial charge in [-0.25, -0.2) is 4.98 Å². The highest BCUT2D eigenvalue weighted by Crippen LogP contribution is 2.24. The first-order valence-electron chi connectivity index (χ1n) is 3.49. The summed E-state index contributed by atoms with van der Waals surface area (Å²) in [5, 5.41) is 6.44. The number of aromatic nitrogens is 1. The van der Waals surface area contributed by atoms with Crippen molar-refractivity contribution in [2.45, 2.75) is 0 Å². The number of hydrogen-bond donors (Lipinski definition) is 2. The summed E-state index contributed by atoms with van der Waals surface area (Å²) in [4.78, 5) is 4.20. The van der Waals surface area contributed by atoms with E-state index in [2.05, 4.69) is 31.5 Å². The van der Waals surface area contributed by atoms with Crippen molar-refractivity contribution in [2.24, 2.45) is 0 Å². The third kappa shape index (κ3) is 1.30. The van der Waals surface area contributed by atoms with Gasteiger partial charge in [0.1, 0.15) is 5.82 Å². The molecule has 0 radical (unpaired) electrons. The third-order valence-corrected chi connectivity index (χ3v) is 2.02. The van der Waals surface area contributed by atoms with Crippen LogP contribution in [0.4, 0.5) is 11.5 Å². The summed E-state index contributed by atoms with van der Waals surface area (Å²) in [6.45, 7) is 1.91. The van der Waals surface area contributed by atoms with Crippen LogP contribution in [-0.2, 0) is 0 Å². The quantitative estimate of drug-likeness (QED) is 0.689. The van der Waals surface area contributed by atoms with E-state index in [4.69, 9.17) is 0 Å². The molecule has 1 aromatic heterocycles. The topological polar surface area (TPSA) is 37.0 Å². The van der Waals surface area contributed by atoms with Gasteiger partial charge in [-0.1, -0.05) is 0 Å². The van der Waals surface area contributed by atoms with Crippen LogP contribution in [0.25, 0.3) is 0 Å². The number of anilines is 2. The zero-order valence-electron chi connectivity index (χ0n) is 5.89. The van der Waals surface area contributed by atoms with Crippen LogP contribution in [0.3, 0.4) is 0 Å². The third-order valence-electron chi connectivity index (χ3n) is 1.59. The lowest BCUT2D eigenvalue weighted by atomic mass is 10.3. The summed E-state index contributed by atoms with van der Waals surface area (Å²) in [5.41, 5.74) is 1.07. The van der Waals surface area contributed by atoms with Crippen molar-refractivity contribution in [2.75, 3.05) is 23.7 Å². The maximum atomic E-state index is 4.20. The molecule has 11 heavy (non-hydrogen) atoms. The normalized spacial score (nSPS) is 14.6. The minimum Gasteiger partial charge on any atom is -0.380 e. The first-order chi connectivity index (χ1) is 5.36. The zero-order chi connectivity index (χ0) is 7.68. The molecular weight excluding hydrogens is 206 g/mol. The molecule has 0 saturated carbocycles. The molecule has 0 saturated heterocycles. The minimum absolute atomic E-state index is 0.944. The summed E-state index contributed by atoms with van der Waals surface area (Å²) < 4.78 is 1.01. The number of halogens is 1. The number of pyridine rings is 1. The van der Waals surface area contributed by atoms with Gasteiger partial charge in [0, 0.05) is 23.8 Å². The van der Waals surface area contributed by atoms with Crippen LogP contribution in [-0.4, -0.2) is 18.1 Å². The zero-order valence-corrected chi connectivity index (χ0v) is 7.48. The summed E-state index contributed by atoms with van der Waals surface area (Å²) in [5.74, 6) is 0.944. The molecule has 0 fully saturated rings. The Hall–Kier alpha value is -0.770. The van der Waals surface area contributed by atoms with Crippen LogP contribution in [0.15, 0.2) is 16.7 Å². The number of fused-ring (bicyclic) bond motifs is 1. The summed E-state index contributed by atoms with van der Waals surface area (Å²) >= 11 is 3.36. The molecule has 0 bridgehead atoms. The largest absolute Gasteiger partial charge is 0.380 e. The molecule has 2 rings (SSSR count). The Balaban J connectivity index is 2.43. The first kappa shape index (κ1) is 6.91. The van der Waals surface area contributed by atoms with E-state index in [-0.39, 0.29) is 0 Å². The Morgan fingerprint density at radius 2 is 2.18 bits per heavy atom. The molecule has 4 heteroatoms. The van der Waals surface area contributed by atoms with Crippen LogP contribution < -0.4 is 10.6 Å². The van der Waals surface area contributed by atoms with E-state index < -0.39 is 0 Å².